The van der Waals surface area contributed by atoms with Crippen molar-refractivity contribution in [3.05, 3.63) is 89.6 Å². The van der Waals surface area contributed by atoms with Crippen molar-refractivity contribution in [2.45, 2.75) is 6.42 Å². The lowest BCUT2D eigenvalue weighted by molar-refractivity contribution is 0.0696. The Hall–Kier alpha value is -4.02. The maximum atomic E-state index is 11.4. The van der Waals surface area contributed by atoms with Gasteiger partial charge in [0.2, 0.25) is 0 Å². The molecule has 0 saturated carbocycles. The first kappa shape index (κ1) is 21.2. The molecular formula is C22H18N5O4S-. The van der Waals surface area contributed by atoms with E-state index in [1.807, 2.05) is 30.3 Å². The van der Waals surface area contributed by atoms with Crippen LogP contribution in [0.15, 0.2) is 72.9 Å². The minimum absolute atomic E-state index is 0.0755. The molecule has 0 saturated heterocycles. The van der Waals surface area contributed by atoms with Crippen LogP contribution in [0.3, 0.4) is 0 Å². The van der Waals surface area contributed by atoms with Crippen LogP contribution in [0.4, 0.5) is 11.5 Å². The average molecular weight is 448 g/mol. The monoisotopic (exact) mass is 448 g/mol. The van der Waals surface area contributed by atoms with Crippen LogP contribution >= 0.6 is 0 Å². The van der Waals surface area contributed by atoms with Crippen molar-refractivity contribution in [1.82, 2.24) is 14.8 Å². The average Bonchev–Trinajstić information content (AvgIpc) is 3.11. The first-order valence-electron chi connectivity index (χ1n) is 9.50. The quantitative estimate of drug-likeness (QED) is 0.368. The maximum Gasteiger partial charge on any atom is 0.335 e. The number of carboxylic acids is 1. The molecule has 32 heavy (non-hydrogen) atoms. The zero-order valence-corrected chi connectivity index (χ0v) is 17.5. The number of benzene rings is 2. The van der Waals surface area contributed by atoms with Crippen LogP contribution in [0.2, 0.25) is 0 Å². The Balaban J connectivity index is 1.78. The van der Waals surface area contributed by atoms with E-state index in [0.717, 1.165) is 16.7 Å². The molecule has 0 aliphatic rings. The normalized spacial score (nSPS) is 11.8. The zero-order chi connectivity index (χ0) is 22.7. The molecule has 0 spiro atoms. The summed E-state index contributed by atoms with van der Waals surface area (Å²) in [5, 5.41) is 13.9. The molecule has 10 heteroatoms. The highest BCUT2D eigenvalue weighted by Gasteiger charge is 2.20. The van der Waals surface area contributed by atoms with Gasteiger partial charge in [-0.2, -0.15) is 9.78 Å². The lowest BCUT2D eigenvalue weighted by atomic mass is 10.0. The third-order valence-corrected chi connectivity index (χ3v) is 5.22. The summed E-state index contributed by atoms with van der Waals surface area (Å²) in [5.41, 5.74) is 10.1. The number of hydrogen-bond donors (Lipinski definition) is 3. The van der Waals surface area contributed by atoms with Crippen molar-refractivity contribution in [1.29, 1.82) is 0 Å². The highest BCUT2D eigenvalue weighted by Crippen LogP contribution is 2.31. The summed E-state index contributed by atoms with van der Waals surface area (Å²) in [6.07, 6.45) is 1.82. The SMILES string of the molecule is Nc1c(Cc2ccc(NS(=O)[O-])cc2)c(-c2ccccc2)nn1-c1cc(C(=O)O)ccn1. The minimum atomic E-state index is -2.40. The van der Waals surface area contributed by atoms with Crippen LogP contribution in [-0.2, 0) is 17.7 Å². The van der Waals surface area contributed by atoms with Crippen molar-refractivity contribution in [3.8, 4) is 17.1 Å². The van der Waals surface area contributed by atoms with Gasteiger partial charge >= 0.3 is 5.97 Å². The third kappa shape index (κ3) is 4.51. The molecule has 162 valence electrons. The Morgan fingerprint density at radius 3 is 2.50 bits per heavy atom. The number of hydrogen-bond acceptors (Lipinski definition) is 6. The van der Waals surface area contributed by atoms with Gasteiger partial charge < -0.3 is 20.1 Å². The number of nitrogens with zero attached hydrogens (tertiary/aromatic N) is 3. The van der Waals surface area contributed by atoms with Gasteiger partial charge in [-0.15, -0.1) is 0 Å². The van der Waals surface area contributed by atoms with Gasteiger partial charge in [-0.1, -0.05) is 42.5 Å². The molecule has 0 aliphatic heterocycles. The van der Waals surface area contributed by atoms with Crippen LogP contribution in [-0.4, -0.2) is 34.6 Å². The molecule has 1 unspecified atom stereocenters. The smallest absolute Gasteiger partial charge is 0.335 e. The molecule has 4 N–H and O–H groups in total. The van der Waals surface area contributed by atoms with Gasteiger partial charge in [0.05, 0.1) is 11.3 Å². The van der Waals surface area contributed by atoms with Crippen LogP contribution in [0, 0.1) is 0 Å². The van der Waals surface area contributed by atoms with Crippen molar-refractivity contribution in [3.63, 3.8) is 0 Å². The van der Waals surface area contributed by atoms with Gasteiger partial charge in [0.1, 0.15) is 5.82 Å². The van der Waals surface area contributed by atoms with E-state index in [1.54, 1.807) is 24.3 Å². The summed E-state index contributed by atoms with van der Waals surface area (Å²) < 4.78 is 25.4. The van der Waals surface area contributed by atoms with Crippen LogP contribution < -0.4 is 10.5 Å². The maximum absolute atomic E-state index is 11.4. The molecular weight excluding hydrogens is 430 g/mol. The Kier molecular flexibility index (Phi) is 5.97. The Bertz CT molecular complexity index is 1290. The van der Waals surface area contributed by atoms with Crippen LogP contribution in [0.5, 0.6) is 0 Å². The molecule has 4 rings (SSSR count). The second-order valence-electron chi connectivity index (χ2n) is 6.91. The van der Waals surface area contributed by atoms with Crippen LogP contribution in [0.25, 0.3) is 17.1 Å². The number of carboxylic acid groups (broad SMARTS) is 1. The molecule has 2 aromatic carbocycles. The van der Waals surface area contributed by atoms with E-state index in [4.69, 9.17) is 5.73 Å². The topological polar surface area (TPSA) is 146 Å². The number of aromatic carboxylic acids is 1. The number of pyridine rings is 1. The summed E-state index contributed by atoms with van der Waals surface area (Å²) in [6.45, 7) is 0. The van der Waals surface area contributed by atoms with Gasteiger partial charge in [0.25, 0.3) is 0 Å². The van der Waals surface area contributed by atoms with E-state index in [9.17, 15) is 18.7 Å². The summed E-state index contributed by atoms with van der Waals surface area (Å²) in [6, 6.07) is 19.2. The van der Waals surface area contributed by atoms with E-state index in [2.05, 4.69) is 14.8 Å². The van der Waals surface area contributed by atoms with E-state index < -0.39 is 17.2 Å². The largest absolute Gasteiger partial charge is 0.755 e. The fraction of sp³-hybridized carbons (Fsp3) is 0.0455. The van der Waals surface area contributed by atoms with E-state index in [0.29, 0.717) is 29.4 Å². The van der Waals surface area contributed by atoms with Crippen molar-refractivity contribution < 1.29 is 18.7 Å². The molecule has 0 radical (unpaired) electrons. The fourth-order valence-electron chi connectivity index (χ4n) is 3.30. The lowest BCUT2D eigenvalue weighted by Crippen LogP contribution is -2.07. The number of nitrogens with one attached hydrogen (secondary N) is 1. The van der Waals surface area contributed by atoms with E-state index >= 15 is 0 Å². The number of nitrogens with two attached hydrogens (primary N) is 1. The molecule has 4 aromatic rings. The number of carbonyl (C=O) groups is 1. The predicted octanol–water partition coefficient (Wildman–Crippen LogP) is 3.01. The standard InChI is InChI=1S/C22H19N5O4S/c23-21-18(12-14-6-8-17(9-7-14)26-32(30)31)20(15-4-2-1-3-5-15)25-27(21)19-13-16(22(28)29)10-11-24-19/h1-11,13,26H,12,23H2,(H,28,29)(H,30,31)/p-1. The van der Waals surface area contributed by atoms with Gasteiger partial charge in [-0.05, 0) is 29.8 Å². The first-order chi connectivity index (χ1) is 15.4. The molecule has 2 heterocycles. The highest BCUT2D eigenvalue weighted by molar-refractivity contribution is 7.80. The fourth-order valence-corrected chi connectivity index (χ4v) is 3.63. The molecule has 1 atom stereocenters. The Morgan fingerprint density at radius 2 is 1.84 bits per heavy atom. The van der Waals surface area contributed by atoms with Gasteiger partial charge in [-0.3, -0.25) is 4.21 Å². The number of rotatable bonds is 7. The second-order valence-corrected chi connectivity index (χ2v) is 7.58. The summed E-state index contributed by atoms with van der Waals surface area (Å²) >= 11 is -2.40. The van der Waals surface area contributed by atoms with E-state index in [-0.39, 0.29) is 5.56 Å². The highest BCUT2D eigenvalue weighted by atomic mass is 32.2. The Morgan fingerprint density at radius 1 is 1.12 bits per heavy atom. The van der Waals surface area contributed by atoms with Gasteiger partial charge in [0, 0.05) is 40.7 Å². The molecule has 0 fully saturated rings. The molecule has 2 aromatic heterocycles. The van der Waals surface area contributed by atoms with Crippen molar-refractivity contribution in [2.24, 2.45) is 0 Å². The van der Waals surface area contributed by atoms with Gasteiger partial charge in [0.15, 0.2) is 5.82 Å². The minimum Gasteiger partial charge on any atom is -0.755 e. The lowest BCUT2D eigenvalue weighted by Gasteiger charge is -2.10. The van der Waals surface area contributed by atoms with Crippen molar-refractivity contribution in [2.75, 3.05) is 10.5 Å². The molecule has 0 aliphatic carbocycles. The number of aromatic nitrogens is 3. The second kappa shape index (κ2) is 9.00. The predicted molar refractivity (Wildman–Crippen MR) is 120 cm³/mol. The number of anilines is 2. The number of nitrogen functional groups attached to an aromatic ring is 1. The molecule has 0 bridgehead atoms. The zero-order valence-electron chi connectivity index (χ0n) is 16.6. The summed E-state index contributed by atoms with van der Waals surface area (Å²) in [7, 11) is 0. The molecule has 9 nitrogen and oxygen atoms in total. The van der Waals surface area contributed by atoms with Crippen LogP contribution in [0.1, 0.15) is 21.5 Å². The Labute approximate surface area is 186 Å². The van der Waals surface area contributed by atoms with Crippen molar-refractivity contribution >= 4 is 28.7 Å². The van der Waals surface area contributed by atoms with Gasteiger partial charge in [-0.25, -0.2) is 9.78 Å². The van der Waals surface area contributed by atoms with E-state index in [1.165, 1.54) is 23.0 Å². The first-order valence-corrected chi connectivity index (χ1v) is 10.6. The summed E-state index contributed by atoms with van der Waals surface area (Å²) in [4.78, 5) is 15.6. The molecule has 0 amide bonds. The summed E-state index contributed by atoms with van der Waals surface area (Å²) in [5.74, 6) is -0.444. The third-order valence-electron chi connectivity index (χ3n) is 4.82.